The van der Waals surface area contributed by atoms with E-state index in [-0.39, 0.29) is 17.8 Å². The van der Waals surface area contributed by atoms with Gasteiger partial charge in [-0.2, -0.15) is 0 Å². The normalized spacial score (nSPS) is 23.6. The monoisotopic (exact) mass is 279 g/mol. The molecule has 110 valence electrons. The second-order valence-electron chi connectivity index (χ2n) is 5.28. The molecule has 5 heteroatoms. The van der Waals surface area contributed by atoms with Gasteiger partial charge in [-0.05, 0) is 32.0 Å². The molecule has 0 amide bonds. The highest BCUT2D eigenvalue weighted by Gasteiger charge is 2.23. The molecule has 1 aromatic carbocycles. The molecule has 0 radical (unpaired) electrons. The van der Waals surface area contributed by atoms with Crippen LogP contribution in [0.25, 0.3) is 0 Å². The van der Waals surface area contributed by atoms with Crippen molar-refractivity contribution in [3.63, 3.8) is 0 Å². The van der Waals surface area contributed by atoms with Crippen LogP contribution >= 0.6 is 0 Å². The molecule has 5 nitrogen and oxygen atoms in total. The fourth-order valence-corrected chi connectivity index (χ4v) is 2.69. The molecule has 1 fully saturated rings. The van der Waals surface area contributed by atoms with Gasteiger partial charge in [0.1, 0.15) is 5.75 Å². The van der Waals surface area contributed by atoms with Crippen LogP contribution in [0.3, 0.4) is 0 Å². The van der Waals surface area contributed by atoms with Crippen LogP contribution in [0.2, 0.25) is 0 Å². The highest BCUT2D eigenvalue weighted by atomic mass is 16.5. The van der Waals surface area contributed by atoms with E-state index in [9.17, 15) is 4.79 Å². The Labute approximate surface area is 119 Å². The number of nitrogens with zero attached hydrogens (tertiary/aromatic N) is 1. The van der Waals surface area contributed by atoms with Gasteiger partial charge in [-0.15, -0.1) is 0 Å². The summed E-state index contributed by atoms with van der Waals surface area (Å²) >= 11 is 0. The van der Waals surface area contributed by atoms with Crippen molar-refractivity contribution in [3.8, 4) is 5.75 Å². The number of aromatic carboxylic acids is 1. The van der Waals surface area contributed by atoms with Gasteiger partial charge in [0.2, 0.25) is 0 Å². The third kappa shape index (κ3) is 3.49. The first kappa shape index (κ1) is 14.8. The number of carbonyl (C=O) groups is 1. The Morgan fingerprint density at radius 1 is 1.40 bits per heavy atom. The average molecular weight is 279 g/mol. The second kappa shape index (κ2) is 6.24. The van der Waals surface area contributed by atoms with E-state index in [2.05, 4.69) is 4.90 Å². The molecule has 0 spiro atoms. The van der Waals surface area contributed by atoms with E-state index in [0.29, 0.717) is 6.54 Å². The van der Waals surface area contributed by atoms with E-state index in [0.717, 1.165) is 24.4 Å². The van der Waals surface area contributed by atoms with E-state index in [1.54, 1.807) is 25.3 Å². The Balaban J connectivity index is 2.18. The molecule has 2 rings (SSSR count). The molecule has 1 aliphatic heterocycles. The number of carboxylic acid groups (broad SMARTS) is 1. The number of rotatable bonds is 4. The van der Waals surface area contributed by atoms with Crippen LogP contribution in [-0.4, -0.2) is 48.4 Å². The summed E-state index contributed by atoms with van der Waals surface area (Å²) in [6, 6.07) is 4.97. The predicted octanol–water partition coefficient (Wildman–Crippen LogP) is 2.00. The van der Waals surface area contributed by atoms with Crippen molar-refractivity contribution < 1.29 is 19.4 Å². The zero-order valence-corrected chi connectivity index (χ0v) is 12.1. The van der Waals surface area contributed by atoms with Crippen molar-refractivity contribution in [2.75, 3.05) is 20.2 Å². The van der Waals surface area contributed by atoms with Crippen LogP contribution < -0.4 is 4.74 Å². The van der Waals surface area contributed by atoms with E-state index in [1.165, 1.54) is 0 Å². The smallest absolute Gasteiger partial charge is 0.335 e. The first-order valence-corrected chi connectivity index (χ1v) is 6.77. The zero-order chi connectivity index (χ0) is 14.7. The molecule has 0 bridgehead atoms. The van der Waals surface area contributed by atoms with E-state index < -0.39 is 5.97 Å². The molecule has 2 unspecified atom stereocenters. The van der Waals surface area contributed by atoms with Crippen molar-refractivity contribution >= 4 is 5.97 Å². The lowest BCUT2D eigenvalue weighted by Gasteiger charge is -2.35. The lowest BCUT2D eigenvalue weighted by Crippen LogP contribution is -2.44. The van der Waals surface area contributed by atoms with Gasteiger partial charge in [0.05, 0.1) is 24.9 Å². The van der Waals surface area contributed by atoms with Gasteiger partial charge in [0.15, 0.2) is 0 Å². The van der Waals surface area contributed by atoms with E-state index in [4.69, 9.17) is 14.6 Å². The number of benzene rings is 1. The largest absolute Gasteiger partial charge is 0.496 e. The Kier molecular flexibility index (Phi) is 4.62. The van der Waals surface area contributed by atoms with Crippen LogP contribution in [0.1, 0.15) is 29.8 Å². The molecular formula is C15H21NO4. The first-order chi connectivity index (χ1) is 9.49. The summed E-state index contributed by atoms with van der Waals surface area (Å²) in [7, 11) is 1.60. The topological polar surface area (TPSA) is 59.0 Å². The fraction of sp³-hybridized carbons (Fsp3) is 0.533. The SMILES string of the molecule is COc1ccc(C(=O)O)cc1CN1CC(C)OC(C)C1. The number of carboxylic acids is 1. The number of hydrogen-bond donors (Lipinski definition) is 1. The van der Waals surface area contributed by atoms with Gasteiger partial charge < -0.3 is 14.6 Å². The maximum atomic E-state index is 11.1. The summed E-state index contributed by atoms with van der Waals surface area (Å²) in [6.07, 6.45) is 0.375. The van der Waals surface area contributed by atoms with Gasteiger partial charge in [-0.25, -0.2) is 4.79 Å². The summed E-state index contributed by atoms with van der Waals surface area (Å²) in [5.41, 5.74) is 1.18. The van der Waals surface area contributed by atoms with Crippen LogP contribution in [0.15, 0.2) is 18.2 Å². The Morgan fingerprint density at radius 3 is 2.60 bits per heavy atom. The van der Waals surface area contributed by atoms with Gasteiger partial charge in [0.25, 0.3) is 0 Å². The molecule has 1 saturated heterocycles. The minimum atomic E-state index is -0.919. The molecular weight excluding hydrogens is 258 g/mol. The summed E-state index contributed by atoms with van der Waals surface area (Å²) in [4.78, 5) is 13.3. The Morgan fingerprint density at radius 2 is 2.05 bits per heavy atom. The van der Waals surface area contributed by atoms with Crippen molar-refractivity contribution in [3.05, 3.63) is 29.3 Å². The molecule has 1 heterocycles. The summed E-state index contributed by atoms with van der Waals surface area (Å²) < 4.78 is 11.0. The Bertz CT molecular complexity index is 479. The zero-order valence-electron chi connectivity index (χ0n) is 12.1. The number of ether oxygens (including phenoxy) is 2. The van der Waals surface area contributed by atoms with Gasteiger partial charge in [0, 0.05) is 25.2 Å². The van der Waals surface area contributed by atoms with Crippen LogP contribution in [-0.2, 0) is 11.3 Å². The maximum absolute atomic E-state index is 11.1. The van der Waals surface area contributed by atoms with Gasteiger partial charge >= 0.3 is 5.97 Å². The fourth-order valence-electron chi connectivity index (χ4n) is 2.69. The molecule has 0 aromatic heterocycles. The number of methoxy groups -OCH3 is 1. The quantitative estimate of drug-likeness (QED) is 0.913. The highest BCUT2D eigenvalue weighted by Crippen LogP contribution is 2.23. The molecule has 1 aromatic rings. The standard InChI is InChI=1S/C15H21NO4/c1-10-7-16(8-11(2)20-10)9-13-6-12(15(17)18)4-5-14(13)19-3/h4-6,10-11H,7-9H2,1-3H3,(H,17,18). The number of hydrogen-bond acceptors (Lipinski definition) is 4. The third-order valence-electron chi connectivity index (χ3n) is 3.42. The van der Waals surface area contributed by atoms with Crippen molar-refractivity contribution in [1.82, 2.24) is 4.90 Å². The van der Waals surface area contributed by atoms with Crippen LogP contribution in [0.4, 0.5) is 0 Å². The second-order valence-corrected chi connectivity index (χ2v) is 5.28. The predicted molar refractivity (Wildman–Crippen MR) is 75.2 cm³/mol. The van der Waals surface area contributed by atoms with Crippen molar-refractivity contribution in [1.29, 1.82) is 0 Å². The average Bonchev–Trinajstić information content (AvgIpc) is 2.37. The molecule has 2 atom stereocenters. The Hall–Kier alpha value is -1.59. The third-order valence-corrected chi connectivity index (χ3v) is 3.42. The van der Waals surface area contributed by atoms with Crippen molar-refractivity contribution in [2.24, 2.45) is 0 Å². The molecule has 1 aliphatic rings. The molecule has 0 aliphatic carbocycles. The molecule has 20 heavy (non-hydrogen) atoms. The summed E-state index contributed by atoms with van der Waals surface area (Å²) in [6.45, 7) is 6.44. The van der Waals surface area contributed by atoms with E-state index >= 15 is 0 Å². The van der Waals surface area contributed by atoms with Gasteiger partial charge in [-0.1, -0.05) is 0 Å². The first-order valence-electron chi connectivity index (χ1n) is 6.77. The van der Waals surface area contributed by atoms with Crippen molar-refractivity contribution in [2.45, 2.75) is 32.6 Å². The maximum Gasteiger partial charge on any atom is 0.335 e. The van der Waals surface area contributed by atoms with Gasteiger partial charge in [-0.3, -0.25) is 4.90 Å². The van der Waals surface area contributed by atoms with Crippen LogP contribution in [0.5, 0.6) is 5.75 Å². The number of morpholine rings is 1. The van der Waals surface area contributed by atoms with Crippen LogP contribution in [0, 0.1) is 0 Å². The lowest BCUT2D eigenvalue weighted by molar-refractivity contribution is -0.0706. The molecule has 0 saturated carbocycles. The molecule has 1 N–H and O–H groups in total. The van der Waals surface area contributed by atoms with E-state index in [1.807, 2.05) is 13.8 Å². The minimum absolute atomic E-state index is 0.187. The highest BCUT2D eigenvalue weighted by molar-refractivity contribution is 5.88. The lowest BCUT2D eigenvalue weighted by atomic mass is 10.1. The minimum Gasteiger partial charge on any atom is -0.496 e. The summed E-state index contributed by atoms with van der Waals surface area (Å²) in [5.74, 6) is -0.195. The summed E-state index contributed by atoms with van der Waals surface area (Å²) in [5, 5.41) is 9.09.